The topological polar surface area (TPSA) is 162 Å². The van der Waals surface area contributed by atoms with Gasteiger partial charge in [-0.1, -0.05) is 42.5 Å². The van der Waals surface area contributed by atoms with E-state index in [0.717, 1.165) is 5.56 Å². The predicted octanol–water partition coefficient (Wildman–Crippen LogP) is 1.66. The van der Waals surface area contributed by atoms with Gasteiger partial charge < -0.3 is 30.7 Å². The highest BCUT2D eigenvalue weighted by molar-refractivity contribution is 5.89. The van der Waals surface area contributed by atoms with E-state index in [9.17, 15) is 29.4 Å². The molecule has 170 valence electrons. The molecule has 0 aliphatic carbocycles. The minimum absolute atomic E-state index is 0.0161. The fourth-order valence-corrected chi connectivity index (χ4v) is 2.78. The lowest BCUT2D eigenvalue weighted by Gasteiger charge is -2.21. The lowest BCUT2D eigenvalue weighted by molar-refractivity contribution is -0.143. The van der Waals surface area contributed by atoms with E-state index in [2.05, 4.69) is 10.6 Å². The summed E-state index contributed by atoms with van der Waals surface area (Å²) >= 11 is 0. The third kappa shape index (κ3) is 8.34. The Morgan fingerprint density at radius 3 is 2.09 bits per heavy atom. The number of alkyl carbamates (subject to hydrolysis) is 1. The molecule has 0 fully saturated rings. The number of carboxylic acids is 2. The van der Waals surface area contributed by atoms with Gasteiger partial charge >= 0.3 is 18.0 Å². The van der Waals surface area contributed by atoms with Crippen LogP contribution in [0.25, 0.3) is 0 Å². The van der Waals surface area contributed by atoms with Crippen molar-refractivity contribution in [3.8, 4) is 5.75 Å². The third-order valence-corrected chi connectivity index (χ3v) is 4.46. The number of carbonyl (C=O) groups excluding carboxylic acids is 2. The van der Waals surface area contributed by atoms with Crippen LogP contribution in [-0.2, 0) is 32.1 Å². The second-order valence-corrected chi connectivity index (χ2v) is 6.96. The van der Waals surface area contributed by atoms with Gasteiger partial charge in [-0.15, -0.1) is 0 Å². The molecule has 0 unspecified atom stereocenters. The molecule has 2 aromatic rings. The van der Waals surface area contributed by atoms with E-state index >= 15 is 0 Å². The average Bonchev–Trinajstić information content (AvgIpc) is 2.76. The Morgan fingerprint density at radius 1 is 0.844 bits per heavy atom. The smallest absolute Gasteiger partial charge is 0.408 e. The third-order valence-electron chi connectivity index (χ3n) is 4.46. The molecule has 5 N–H and O–H groups in total. The highest BCUT2D eigenvalue weighted by Crippen LogP contribution is 2.12. The van der Waals surface area contributed by atoms with Crippen molar-refractivity contribution in [2.45, 2.75) is 38.0 Å². The number of benzene rings is 2. The number of phenols is 1. The first-order chi connectivity index (χ1) is 15.2. The van der Waals surface area contributed by atoms with Crippen molar-refractivity contribution in [2.75, 3.05) is 0 Å². The second kappa shape index (κ2) is 11.9. The minimum atomic E-state index is -1.44. The SMILES string of the molecule is O=C(O)CC[C@H](NC(=O)[C@H](Cc1ccc(O)cc1)NC(=O)OCc1ccccc1)C(=O)O. The highest BCUT2D eigenvalue weighted by Gasteiger charge is 2.27. The average molecular weight is 444 g/mol. The number of ether oxygens (including phenoxy) is 1. The van der Waals surface area contributed by atoms with Gasteiger partial charge in [0.05, 0.1) is 0 Å². The fraction of sp³-hybridized carbons (Fsp3) is 0.273. The zero-order chi connectivity index (χ0) is 23.5. The maximum atomic E-state index is 12.7. The summed E-state index contributed by atoms with van der Waals surface area (Å²) in [6.45, 7) is -0.0312. The van der Waals surface area contributed by atoms with Crippen molar-refractivity contribution in [3.63, 3.8) is 0 Å². The van der Waals surface area contributed by atoms with E-state index in [4.69, 9.17) is 9.84 Å². The van der Waals surface area contributed by atoms with Gasteiger partial charge in [0.2, 0.25) is 5.91 Å². The Bertz CT molecular complexity index is 931. The van der Waals surface area contributed by atoms with Gasteiger partial charge in [0.25, 0.3) is 0 Å². The molecule has 32 heavy (non-hydrogen) atoms. The number of aliphatic carboxylic acids is 2. The van der Waals surface area contributed by atoms with E-state index < -0.39 is 42.4 Å². The van der Waals surface area contributed by atoms with Crippen LogP contribution in [0.5, 0.6) is 5.75 Å². The summed E-state index contributed by atoms with van der Waals surface area (Å²) in [6, 6.07) is 12.2. The molecule has 0 radical (unpaired) electrons. The first kappa shape index (κ1) is 24.2. The highest BCUT2D eigenvalue weighted by atomic mass is 16.5. The van der Waals surface area contributed by atoms with E-state index in [-0.39, 0.29) is 25.2 Å². The zero-order valence-corrected chi connectivity index (χ0v) is 17.1. The Morgan fingerprint density at radius 2 is 1.50 bits per heavy atom. The number of nitrogens with one attached hydrogen (secondary N) is 2. The first-order valence-corrected chi connectivity index (χ1v) is 9.74. The molecule has 0 aromatic heterocycles. The van der Waals surface area contributed by atoms with E-state index in [1.165, 1.54) is 12.1 Å². The first-order valence-electron chi connectivity index (χ1n) is 9.74. The Balaban J connectivity index is 2.08. The maximum absolute atomic E-state index is 12.7. The number of carboxylic acid groups (broad SMARTS) is 2. The molecule has 2 rings (SSSR count). The van der Waals surface area contributed by atoms with Gasteiger partial charge in [-0.3, -0.25) is 9.59 Å². The summed E-state index contributed by atoms with van der Waals surface area (Å²) in [4.78, 5) is 47.2. The molecular formula is C22H24N2O8. The summed E-state index contributed by atoms with van der Waals surface area (Å²) in [7, 11) is 0. The lowest BCUT2D eigenvalue weighted by Crippen LogP contribution is -2.52. The summed E-state index contributed by atoms with van der Waals surface area (Å²) < 4.78 is 5.13. The van der Waals surface area contributed by atoms with Gasteiger partial charge in [-0.05, 0) is 29.7 Å². The number of carbonyl (C=O) groups is 4. The van der Waals surface area contributed by atoms with Crippen molar-refractivity contribution in [1.82, 2.24) is 10.6 Å². The molecule has 10 heteroatoms. The van der Waals surface area contributed by atoms with Gasteiger partial charge in [0.1, 0.15) is 24.4 Å². The van der Waals surface area contributed by atoms with E-state index in [0.29, 0.717) is 5.56 Å². The van der Waals surface area contributed by atoms with Crippen LogP contribution in [-0.4, -0.2) is 51.3 Å². The number of amides is 2. The van der Waals surface area contributed by atoms with Crippen LogP contribution in [0.15, 0.2) is 54.6 Å². The molecule has 2 amide bonds. The molecule has 0 spiro atoms. The van der Waals surface area contributed by atoms with Crippen LogP contribution in [0.2, 0.25) is 0 Å². The number of phenolic OH excluding ortho intramolecular Hbond substituents is 1. The number of rotatable bonds is 11. The monoisotopic (exact) mass is 444 g/mol. The van der Waals surface area contributed by atoms with Crippen LogP contribution in [0, 0.1) is 0 Å². The van der Waals surface area contributed by atoms with Crippen LogP contribution in [0.4, 0.5) is 4.79 Å². The van der Waals surface area contributed by atoms with Gasteiger partial charge in [0.15, 0.2) is 0 Å². The van der Waals surface area contributed by atoms with Crippen LogP contribution >= 0.6 is 0 Å². The standard InChI is InChI=1S/C22H24N2O8/c25-16-8-6-14(7-9-16)12-18(20(28)23-17(21(29)30)10-11-19(26)27)24-22(31)32-13-15-4-2-1-3-5-15/h1-9,17-18,25H,10-13H2,(H,23,28)(H,24,31)(H,26,27)(H,29,30)/t17-,18-/m0/s1. The van der Waals surface area contributed by atoms with E-state index in [1.54, 1.807) is 36.4 Å². The molecule has 2 aromatic carbocycles. The largest absolute Gasteiger partial charge is 0.508 e. The Labute approximate surface area is 183 Å². The molecule has 0 aliphatic rings. The van der Waals surface area contributed by atoms with Gasteiger partial charge in [0, 0.05) is 12.8 Å². The van der Waals surface area contributed by atoms with Crippen molar-refractivity contribution in [3.05, 3.63) is 65.7 Å². The normalized spacial score (nSPS) is 12.2. The molecular weight excluding hydrogens is 420 g/mol. The van der Waals surface area contributed by atoms with Gasteiger partial charge in [-0.25, -0.2) is 9.59 Å². The van der Waals surface area contributed by atoms with Gasteiger partial charge in [-0.2, -0.15) is 0 Å². The van der Waals surface area contributed by atoms with Crippen molar-refractivity contribution < 1.29 is 39.2 Å². The Kier molecular flexibility index (Phi) is 9.03. The van der Waals surface area contributed by atoms with E-state index in [1.807, 2.05) is 6.07 Å². The lowest BCUT2D eigenvalue weighted by atomic mass is 10.0. The zero-order valence-electron chi connectivity index (χ0n) is 17.1. The molecule has 0 bridgehead atoms. The second-order valence-electron chi connectivity index (χ2n) is 6.96. The number of aromatic hydroxyl groups is 1. The molecule has 0 saturated carbocycles. The van der Waals surface area contributed by atoms with Crippen LogP contribution in [0.3, 0.4) is 0 Å². The summed E-state index contributed by atoms with van der Waals surface area (Å²) in [6.07, 6.45) is -1.67. The summed E-state index contributed by atoms with van der Waals surface area (Å²) in [5, 5.41) is 32.2. The quantitative estimate of drug-likeness (QED) is 0.349. The molecule has 0 heterocycles. The summed E-state index contributed by atoms with van der Waals surface area (Å²) in [5.74, 6) is -3.39. The van der Waals surface area contributed by atoms with Crippen molar-refractivity contribution >= 4 is 23.9 Å². The van der Waals surface area contributed by atoms with Crippen molar-refractivity contribution in [2.24, 2.45) is 0 Å². The maximum Gasteiger partial charge on any atom is 0.408 e. The summed E-state index contributed by atoms with van der Waals surface area (Å²) in [5.41, 5.74) is 1.32. The number of hydrogen-bond donors (Lipinski definition) is 5. The van der Waals surface area contributed by atoms with Crippen LogP contribution in [0.1, 0.15) is 24.0 Å². The minimum Gasteiger partial charge on any atom is -0.508 e. The molecule has 0 aliphatic heterocycles. The van der Waals surface area contributed by atoms with Crippen LogP contribution < -0.4 is 10.6 Å². The molecule has 2 atom stereocenters. The van der Waals surface area contributed by atoms with Crippen molar-refractivity contribution in [1.29, 1.82) is 0 Å². The Hall–Kier alpha value is -4.08. The molecule has 0 saturated heterocycles. The number of hydrogen-bond acceptors (Lipinski definition) is 6. The predicted molar refractivity (Wildman–Crippen MR) is 112 cm³/mol. The fourth-order valence-electron chi connectivity index (χ4n) is 2.78. The molecule has 10 nitrogen and oxygen atoms in total.